The smallest absolute Gasteiger partial charge is 0.137 e. The Hall–Kier alpha value is -2.29. The van der Waals surface area contributed by atoms with Crippen LogP contribution in [0.3, 0.4) is 0 Å². The predicted molar refractivity (Wildman–Crippen MR) is 77.1 cm³/mol. The Morgan fingerprint density at radius 2 is 1.59 bits per heavy atom. The maximum Gasteiger partial charge on any atom is 0.137 e. The maximum absolute atomic E-state index is 14.2. The van der Waals surface area contributed by atoms with Crippen LogP contribution in [-0.4, -0.2) is 29.5 Å². The fourth-order valence-corrected chi connectivity index (χ4v) is 2.72. The lowest BCUT2D eigenvalue weighted by Crippen LogP contribution is -2.32. The topological polar surface area (TPSA) is 61.4 Å². The zero-order chi connectivity index (χ0) is 15.6. The van der Waals surface area contributed by atoms with E-state index >= 15 is 0 Å². The summed E-state index contributed by atoms with van der Waals surface area (Å²) in [5, 5.41) is 8.04. The Bertz CT molecular complexity index is 708. The van der Waals surface area contributed by atoms with Gasteiger partial charge in [0.05, 0.1) is 17.8 Å². The third-order valence-corrected chi connectivity index (χ3v) is 3.74. The highest BCUT2D eigenvalue weighted by Crippen LogP contribution is 2.34. The summed E-state index contributed by atoms with van der Waals surface area (Å²) in [6, 6.07) is 3.42. The molecule has 22 heavy (non-hydrogen) atoms. The van der Waals surface area contributed by atoms with Crippen LogP contribution >= 0.6 is 12.6 Å². The van der Waals surface area contributed by atoms with Crippen molar-refractivity contribution in [2.75, 3.05) is 0 Å². The van der Waals surface area contributed by atoms with Gasteiger partial charge in [-0.3, -0.25) is 9.36 Å². The van der Waals surface area contributed by atoms with E-state index in [1.165, 1.54) is 46.8 Å². The van der Waals surface area contributed by atoms with Crippen molar-refractivity contribution in [2.24, 2.45) is 0 Å². The van der Waals surface area contributed by atoms with Gasteiger partial charge in [0.15, 0.2) is 0 Å². The van der Waals surface area contributed by atoms with E-state index in [1.54, 1.807) is 0 Å². The molecule has 0 saturated heterocycles. The largest absolute Gasteiger partial charge is 0.251 e. The van der Waals surface area contributed by atoms with E-state index in [0.717, 1.165) is 6.07 Å². The molecule has 3 rings (SSSR count). The molecule has 0 aliphatic heterocycles. The molecule has 0 spiro atoms. The number of hydrogen-bond acceptors (Lipinski definition) is 5. The summed E-state index contributed by atoms with van der Waals surface area (Å²) in [7, 11) is 0. The highest BCUT2D eigenvalue weighted by molar-refractivity contribution is 7.81. The predicted octanol–water partition coefficient (Wildman–Crippen LogP) is 1.67. The molecule has 0 atom stereocenters. The minimum atomic E-state index is -1.00. The first-order valence-electron chi connectivity index (χ1n) is 6.39. The van der Waals surface area contributed by atoms with Gasteiger partial charge in [0, 0.05) is 11.6 Å². The van der Waals surface area contributed by atoms with Crippen molar-refractivity contribution in [3.05, 3.63) is 60.7 Å². The molecule has 2 aromatic heterocycles. The molecule has 0 saturated carbocycles. The van der Waals surface area contributed by atoms with Crippen molar-refractivity contribution in [1.82, 2.24) is 29.5 Å². The first-order valence-corrected chi connectivity index (χ1v) is 6.84. The Kier molecular flexibility index (Phi) is 3.88. The molecule has 3 aromatic rings. The van der Waals surface area contributed by atoms with Crippen LogP contribution < -0.4 is 0 Å². The fraction of sp³-hybridized carbons (Fsp3) is 0.231. The fourth-order valence-electron chi connectivity index (χ4n) is 2.25. The summed E-state index contributed by atoms with van der Waals surface area (Å²) in [6.45, 7) is 0.469. The van der Waals surface area contributed by atoms with Crippen molar-refractivity contribution < 1.29 is 8.78 Å². The van der Waals surface area contributed by atoms with Gasteiger partial charge in [-0.15, -0.1) is 0 Å². The summed E-state index contributed by atoms with van der Waals surface area (Å²) >= 11 is 4.65. The molecule has 6 nitrogen and oxygen atoms in total. The van der Waals surface area contributed by atoms with Gasteiger partial charge in [-0.25, -0.2) is 18.7 Å². The van der Waals surface area contributed by atoms with E-state index in [1.807, 2.05) is 0 Å². The lowest BCUT2D eigenvalue weighted by molar-refractivity contribution is 0.389. The second-order valence-corrected chi connectivity index (χ2v) is 5.70. The Morgan fingerprint density at radius 1 is 1.00 bits per heavy atom. The Balaban J connectivity index is 2.01. The standard InChI is InChI=1S/C13H12F2N6S/c14-10-1-2-11(12(15)3-10)13(22,4-20-8-16-6-18-20)5-21-9-17-7-19-21/h1-3,6-9,22H,4-5H2. The number of hydrogen-bond donors (Lipinski definition) is 1. The van der Waals surface area contributed by atoms with Gasteiger partial charge in [0.1, 0.15) is 36.9 Å². The molecular weight excluding hydrogens is 310 g/mol. The second kappa shape index (κ2) is 5.84. The summed E-state index contributed by atoms with van der Waals surface area (Å²) < 4.78 is 29.5. The van der Waals surface area contributed by atoms with Crippen LogP contribution in [0.1, 0.15) is 5.56 Å². The van der Waals surface area contributed by atoms with E-state index in [2.05, 4.69) is 32.8 Å². The van der Waals surface area contributed by atoms with E-state index in [-0.39, 0.29) is 18.7 Å². The van der Waals surface area contributed by atoms with E-state index < -0.39 is 16.4 Å². The zero-order valence-corrected chi connectivity index (χ0v) is 12.2. The average molecular weight is 322 g/mol. The highest BCUT2D eigenvalue weighted by Gasteiger charge is 2.33. The number of rotatable bonds is 5. The van der Waals surface area contributed by atoms with Gasteiger partial charge in [-0.1, -0.05) is 6.07 Å². The lowest BCUT2D eigenvalue weighted by Gasteiger charge is -2.29. The molecule has 0 aliphatic carbocycles. The third-order valence-electron chi connectivity index (χ3n) is 3.21. The molecule has 0 amide bonds. The summed E-state index contributed by atoms with van der Waals surface area (Å²) in [6.07, 6.45) is 5.77. The second-order valence-electron chi connectivity index (χ2n) is 4.84. The van der Waals surface area contributed by atoms with E-state index in [0.29, 0.717) is 0 Å². The van der Waals surface area contributed by atoms with Crippen LogP contribution in [0.4, 0.5) is 8.78 Å². The zero-order valence-electron chi connectivity index (χ0n) is 11.3. The quantitative estimate of drug-likeness (QED) is 0.726. The number of aromatic nitrogens is 6. The molecule has 0 aliphatic rings. The van der Waals surface area contributed by atoms with Crippen molar-refractivity contribution in [1.29, 1.82) is 0 Å². The van der Waals surface area contributed by atoms with Gasteiger partial charge >= 0.3 is 0 Å². The number of thiol groups is 1. The van der Waals surface area contributed by atoms with E-state index in [9.17, 15) is 8.78 Å². The van der Waals surface area contributed by atoms with Gasteiger partial charge < -0.3 is 0 Å². The molecule has 0 radical (unpaired) electrons. The normalized spacial score (nSPS) is 11.8. The molecule has 114 valence electrons. The van der Waals surface area contributed by atoms with Crippen molar-refractivity contribution in [2.45, 2.75) is 17.8 Å². The molecule has 0 bridgehead atoms. The number of halogens is 2. The lowest BCUT2D eigenvalue weighted by atomic mass is 9.97. The Morgan fingerprint density at radius 3 is 2.05 bits per heavy atom. The van der Waals surface area contributed by atoms with Gasteiger partial charge in [0.2, 0.25) is 0 Å². The minimum absolute atomic E-state index is 0.235. The summed E-state index contributed by atoms with van der Waals surface area (Å²) in [5.74, 6) is -1.31. The molecule has 0 fully saturated rings. The SMILES string of the molecule is Fc1ccc(C(S)(Cn2cncn2)Cn2cncn2)c(F)c1. The average Bonchev–Trinajstić information content (AvgIpc) is 3.12. The maximum atomic E-state index is 14.2. The van der Waals surface area contributed by atoms with Crippen LogP contribution in [0.15, 0.2) is 43.5 Å². The number of benzene rings is 1. The van der Waals surface area contributed by atoms with Crippen molar-refractivity contribution >= 4 is 12.6 Å². The summed E-state index contributed by atoms with van der Waals surface area (Å²) in [5.41, 5.74) is 0.253. The van der Waals surface area contributed by atoms with Crippen LogP contribution in [0, 0.1) is 11.6 Å². The van der Waals surface area contributed by atoms with Gasteiger partial charge in [0.25, 0.3) is 0 Å². The summed E-state index contributed by atoms with van der Waals surface area (Å²) in [4.78, 5) is 7.73. The first kappa shape index (κ1) is 14.6. The molecule has 0 unspecified atom stereocenters. The third kappa shape index (κ3) is 2.98. The van der Waals surface area contributed by atoms with Crippen LogP contribution in [0.2, 0.25) is 0 Å². The molecule has 2 heterocycles. The molecule has 9 heteroatoms. The van der Waals surface area contributed by atoms with Gasteiger partial charge in [-0.05, 0) is 6.07 Å². The van der Waals surface area contributed by atoms with Crippen molar-refractivity contribution in [3.8, 4) is 0 Å². The molecule has 0 N–H and O–H groups in total. The number of nitrogens with zero attached hydrogens (tertiary/aromatic N) is 6. The van der Waals surface area contributed by atoms with Crippen molar-refractivity contribution in [3.63, 3.8) is 0 Å². The van der Waals surface area contributed by atoms with Crippen LogP contribution in [-0.2, 0) is 17.8 Å². The molecular formula is C13H12F2N6S. The van der Waals surface area contributed by atoms with E-state index in [4.69, 9.17) is 0 Å². The van der Waals surface area contributed by atoms with Gasteiger partial charge in [-0.2, -0.15) is 22.8 Å². The first-order chi connectivity index (χ1) is 10.6. The molecule has 1 aromatic carbocycles. The minimum Gasteiger partial charge on any atom is -0.251 e. The van der Waals surface area contributed by atoms with Crippen LogP contribution in [0.25, 0.3) is 0 Å². The van der Waals surface area contributed by atoms with Crippen LogP contribution in [0.5, 0.6) is 0 Å². The highest BCUT2D eigenvalue weighted by atomic mass is 32.1. The monoisotopic (exact) mass is 322 g/mol. The Labute approximate surface area is 130 Å².